The largest absolute Gasteiger partial charge is 0.378 e. The van der Waals surface area contributed by atoms with E-state index in [1.807, 2.05) is 0 Å². The molecule has 4 aliphatic rings. The van der Waals surface area contributed by atoms with Crippen molar-refractivity contribution < 1.29 is 9.47 Å². The van der Waals surface area contributed by atoms with E-state index in [0.29, 0.717) is 36.9 Å². The van der Waals surface area contributed by atoms with Gasteiger partial charge < -0.3 is 9.47 Å². The summed E-state index contributed by atoms with van der Waals surface area (Å²) in [5, 5.41) is 3.42. The summed E-state index contributed by atoms with van der Waals surface area (Å²) in [5.41, 5.74) is 7.31. The third kappa shape index (κ3) is 3.80. The number of fused-ring (bicyclic) bond motifs is 4. The van der Waals surface area contributed by atoms with Gasteiger partial charge in [-0.2, -0.15) is 0 Å². The fraction of sp³-hybridized carbons (Fsp3) is 1.00. The van der Waals surface area contributed by atoms with E-state index in [4.69, 9.17) is 9.47 Å². The van der Waals surface area contributed by atoms with Gasteiger partial charge in [-0.25, -0.2) is 0 Å². The first kappa shape index (κ1) is 17.2. The normalized spacial score (nSPS) is 47.6. The average Bonchev–Trinajstić information content (AvgIpc) is 3.03. The van der Waals surface area contributed by atoms with Crippen molar-refractivity contribution in [2.24, 2.45) is 17.8 Å². The Morgan fingerprint density at radius 1 is 0.875 bits per heavy atom. The summed E-state index contributed by atoms with van der Waals surface area (Å²) in [6, 6.07) is 1.28. The Kier molecular flexibility index (Phi) is 5.74. The SMILES string of the molecule is C[C@@H]1OCNCCCOC2CCC3NNC(C4CCCC1C4)C3C2. The van der Waals surface area contributed by atoms with Crippen molar-refractivity contribution in [1.82, 2.24) is 16.2 Å². The molecule has 5 heteroatoms. The quantitative estimate of drug-likeness (QED) is 0.633. The van der Waals surface area contributed by atoms with Crippen molar-refractivity contribution in [3.8, 4) is 0 Å². The van der Waals surface area contributed by atoms with Crippen LogP contribution in [0.1, 0.15) is 58.3 Å². The summed E-state index contributed by atoms with van der Waals surface area (Å²) >= 11 is 0. The van der Waals surface area contributed by atoms with Crippen LogP contribution in [0.5, 0.6) is 0 Å². The molecular weight excluding hydrogens is 302 g/mol. The first-order chi connectivity index (χ1) is 11.8. The molecule has 4 rings (SSSR count). The molecular formula is C19H35N3O2. The highest BCUT2D eigenvalue weighted by Crippen LogP contribution is 2.41. The lowest BCUT2D eigenvalue weighted by molar-refractivity contribution is -0.00887. The van der Waals surface area contributed by atoms with Gasteiger partial charge in [-0.1, -0.05) is 6.42 Å². The molecule has 6 unspecified atom stereocenters. The van der Waals surface area contributed by atoms with Crippen molar-refractivity contribution in [1.29, 1.82) is 0 Å². The molecule has 2 saturated heterocycles. The number of hydrazine groups is 1. The smallest absolute Gasteiger partial charge is 0.0969 e. The van der Waals surface area contributed by atoms with E-state index in [0.717, 1.165) is 31.4 Å². The summed E-state index contributed by atoms with van der Waals surface area (Å²) < 4.78 is 12.3. The number of rotatable bonds is 0. The van der Waals surface area contributed by atoms with Crippen molar-refractivity contribution in [3.63, 3.8) is 0 Å². The molecule has 2 heterocycles. The van der Waals surface area contributed by atoms with E-state index >= 15 is 0 Å². The topological polar surface area (TPSA) is 54.5 Å². The molecule has 7 atom stereocenters. The minimum atomic E-state index is 0.367. The molecule has 24 heavy (non-hydrogen) atoms. The van der Waals surface area contributed by atoms with Crippen LogP contribution in [0.15, 0.2) is 0 Å². The summed E-state index contributed by atoms with van der Waals surface area (Å²) in [6.45, 7) is 4.82. The zero-order valence-corrected chi connectivity index (χ0v) is 15.1. The van der Waals surface area contributed by atoms with Crippen LogP contribution in [-0.2, 0) is 9.47 Å². The summed E-state index contributed by atoms with van der Waals surface area (Å²) in [6.07, 6.45) is 11.0. The molecule has 2 aliphatic carbocycles. The van der Waals surface area contributed by atoms with Gasteiger partial charge in [0.1, 0.15) is 0 Å². The predicted octanol–water partition coefficient (Wildman–Crippen LogP) is 2.18. The molecule has 0 radical (unpaired) electrons. The second-order valence-electron chi connectivity index (χ2n) is 8.45. The van der Waals surface area contributed by atoms with Crippen LogP contribution in [0.4, 0.5) is 0 Å². The molecule has 4 fully saturated rings. The lowest BCUT2D eigenvalue weighted by Crippen LogP contribution is -2.43. The van der Waals surface area contributed by atoms with Crippen LogP contribution in [-0.4, -0.2) is 44.2 Å². The maximum Gasteiger partial charge on any atom is 0.0969 e. The van der Waals surface area contributed by atoms with Crippen molar-refractivity contribution in [3.05, 3.63) is 0 Å². The van der Waals surface area contributed by atoms with Crippen LogP contribution < -0.4 is 16.2 Å². The van der Waals surface area contributed by atoms with E-state index in [9.17, 15) is 0 Å². The second-order valence-corrected chi connectivity index (χ2v) is 8.45. The molecule has 0 spiro atoms. The van der Waals surface area contributed by atoms with Gasteiger partial charge in [0.15, 0.2) is 0 Å². The first-order valence-electron chi connectivity index (χ1n) is 10.3. The fourth-order valence-electron chi connectivity index (χ4n) is 5.54. The molecule has 5 nitrogen and oxygen atoms in total. The van der Waals surface area contributed by atoms with E-state index in [2.05, 4.69) is 23.1 Å². The zero-order chi connectivity index (χ0) is 16.4. The monoisotopic (exact) mass is 337 g/mol. The van der Waals surface area contributed by atoms with Crippen molar-refractivity contribution in [2.75, 3.05) is 19.9 Å². The van der Waals surface area contributed by atoms with Gasteiger partial charge in [-0.05, 0) is 76.2 Å². The second kappa shape index (κ2) is 8.00. The Labute approximate surface area is 146 Å². The summed E-state index contributed by atoms with van der Waals surface area (Å²) in [7, 11) is 0. The fourth-order valence-corrected chi connectivity index (χ4v) is 5.54. The number of ether oxygens (including phenoxy) is 2. The van der Waals surface area contributed by atoms with Crippen LogP contribution in [0.3, 0.4) is 0 Å². The maximum absolute atomic E-state index is 6.20. The van der Waals surface area contributed by atoms with Gasteiger partial charge in [-0.3, -0.25) is 16.2 Å². The Bertz CT molecular complexity index is 408. The Balaban J connectivity index is 1.47. The third-order valence-corrected chi connectivity index (χ3v) is 6.97. The molecule has 3 N–H and O–H groups in total. The van der Waals surface area contributed by atoms with Gasteiger partial charge in [0.25, 0.3) is 0 Å². The summed E-state index contributed by atoms with van der Waals surface area (Å²) in [4.78, 5) is 0. The Morgan fingerprint density at radius 2 is 1.79 bits per heavy atom. The lowest BCUT2D eigenvalue weighted by atomic mass is 9.69. The average molecular weight is 338 g/mol. The molecule has 0 aromatic heterocycles. The van der Waals surface area contributed by atoms with Crippen LogP contribution in [0.2, 0.25) is 0 Å². The number of hydrogen-bond donors (Lipinski definition) is 3. The molecule has 0 aromatic carbocycles. The first-order valence-corrected chi connectivity index (χ1v) is 10.3. The highest BCUT2D eigenvalue weighted by atomic mass is 16.5. The van der Waals surface area contributed by atoms with Crippen molar-refractivity contribution in [2.45, 2.75) is 82.6 Å². The van der Waals surface area contributed by atoms with E-state index in [1.165, 1.54) is 44.9 Å². The predicted molar refractivity (Wildman–Crippen MR) is 94.4 cm³/mol. The van der Waals surface area contributed by atoms with Gasteiger partial charge in [0.05, 0.1) is 18.9 Å². The minimum Gasteiger partial charge on any atom is -0.378 e. The zero-order valence-electron chi connectivity index (χ0n) is 15.1. The molecule has 4 bridgehead atoms. The molecule has 0 aromatic rings. The number of nitrogens with one attached hydrogen (secondary N) is 3. The van der Waals surface area contributed by atoms with E-state index in [1.54, 1.807) is 0 Å². The highest BCUT2D eigenvalue weighted by molar-refractivity contribution is 4.99. The van der Waals surface area contributed by atoms with Gasteiger partial charge in [0, 0.05) is 18.7 Å². The Morgan fingerprint density at radius 3 is 2.75 bits per heavy atom. The van der Waals surface area contributed by atoms with E-state index in [-0.39, 0.29) is 0 Å². The molecule has 2 aliphatic heterocycles. The van der Waals surface area contributed by atoms with Gasteiger partial charge in [-0.15, -0.1) is 0 Å². The van der Waals surface area contributed by atoms with Gasteiger partial charge in [0.2, 0.25) is 0 Å². The summed E-state index contributed by atoms with van der Waals surface area (Å²) in [5.74, 6) is 2.24. The molecule has 2 saturated carbocycles. The minimum absolute atomic E-state index is 0.367. The number of hydrogen-bond acceptors (Lipinski definition) is 5. The van der Waals surface area contributed by atoms with Crippen LogP contribution >= 0.6 is 0 Å². The van der Waals surface area contributed by atoms with E-state index < -0.39 is 0 Å². The molecule has 0 amide bonds. The van der Waals surface area contributed by atoms with Gasteiger partial charge >= 0.3 is 0 Å². The molecule has 138 valence electrons. The third-order valence-electron chi connectivity index (χ3n) is 6.97. The highest BCUT2D eigenvalue weighted by Gasteiger charge is 2.45. The standard InChI is InChI=1S/C19H35N3O2/c1-13-14-4-2-5-15(10-14)19-17-11-16(6-7-18(17)21-22-19)23-9-3-8-20-12-24-13/h13-22H,2-12H2,1H3/t13-,14?,15?,16?,17?,18?,19?/m0/s1. The Hall–Kier alpha value is -0.200. The van der Waals surface area contributed by atoms with Crippen molar-refractivity contribution >= 4 is 0 Å². The maximum atomic E-state index is 6.20. The van der Waals surface area contributed by atoms with Crippen LogP contribution in [0.25, 0.3) is 0 Å². The lowest BCUT2D eigenvalue weighted by Gasteiger charge is -2.39. The van der Waals surface area contributed by atoms with Crippen LogP contribution in [0, 0.1) is 17.8 Å².